The number of phenolic OH excluding ortho intramolecular Hbond substituents is 1. The van der Waals surface area contributed by atoms with Gasteiger partial charge in [-0.1, -0.05) is 12.1 Å². The molecule has 5 heteroatoms. The molecule has 2 saturated carbocycles. The predicted molar refractivity (Wildman–Crippen MR) is 94.9 cm³/mol. The number of aryl methyl sites for hydroxylation is 1. The van der Waals surface area contributed by atoms with Crippen molar-refractivity contribution in [2.75, 3.05) is 0 Å². The second kappa shape index (κ2) is 7.72. The number of rotatable bonds is 5. The Hall–Kier alpha value is -2.30. The third kappa shape index (κ3) is 5.08. The summed E-state index contributed by atoms with van der Waals surface area (Å²) in [6.07, 6.45) is 8.13. The van der Waals surface area contributed by atoms with Gasteiger partial charge >= 0.3 is 5.97 Å². The Morgan fingerprint density at radius 2 is 2.04 bits per heavy atom. The SMILES string of the molecule is Cc1ccc(/C=C/C(=O)OC2CCCC(C(=O)NC3CC3)C2)cc1O. The Kier molecular flexibility index (Phi) is 5.41. The quantitative estimate of drug-likeness (QED) is 0.636. The first kappa shape index (κ1) is 17.5. The maximum atomic E-state index is 12.2. The van der Waals surface area contributed by atoms with Crippen molar-refractivity contribution in [1.82, 2.24) is 5.32 Å². The molecule has 2 aliphatic carbocycles. The summed E-state index contributed by atoms with van der Waals surface area (Å²) in [4.78, 5) is 24.2. The Morgan fingerprint density at radius 1 is 1.24 bits per heavy atom. The number of ether oxygens (including phenoxy) is 1. The van der Waals surface area contributed by atoms with Gasteiger partial charge in [-0.3, -0.25) is 4.79 Å². The van der Waals surface area contributed by atoms with E-state index in [9.17, 15) is 14.7 Å². The first-order chi connectivity index (χ1) is 12.0. The smallest absolute Gasteiger partial charge is 0.331 e. The summed E-state index contributed by atoms with van der Waals surface area (Å²) in [7, 11) is 0. The number of amides is 1. The van der Waals surface area contributed by atoms with Crippen molar-refractivity contribution in [3.05, 3.63) is 35.4 Å². The van der Waals surface area contributed by atoms with Gasteiger partial charge in [0.1, 0.15) is 11.9 Å². The van der Waals surface area contributed by atoms with Crippen molar-refractivity contribution in [3.63, 3.8) is 0 Å². The van der Waals surface area contributed by atoms with Crippen LogP contribution in [0.5, 0.6) is 5.75 Å². The van der Waals surface area contributed by atoms with Crippen molar-refractivity contribution in [3.8, 4) is 5.75 Å². The number of aromatic hydroxyl groups is 1. The van der Waals surface area contributed by atoms with Gasteiger partial charge in [0.05, 0.1) is 0 Å². The Morgan fingerprint density at radius 3 is 2.76 bits per heavy atom. The molecule has 1 amide bonds. The Balaban J connectivity index is 1.50. The zero-order valence-corrected chi connectivity index (χ0v) is 14.5. The van der Waals surface area contributed by atoms with Crippen LogP contribution in [0.3, 0.4) is 0 Å². The van der Waals surface area contributed by atoms with Crippen molar-refractivity contribution in [2.45, 2.75) is 57.6 Å². The average molecular weight is 343 g/mol. The van der Waals surface area contributed by atoms with Crippen LogP contribution in [-0.4, -0.2) is 29.1 Å². The Labute approximate surface area is 148 Å². The van der Waals surface area contributed by atoms with Gasteiger partial charge < -0.3 is 15.2 Å². The monoisotopic (exact) mass is 343 g/mol. The van der Waals surface area contributed by atoms with Crippen molar-refractivity contribution in [1.29, 1.82) is 0 Å². The van der Waals surface area contributed by atoms with Crippen LogP contribution < -0.4 is 5.32 Å². The van der Waals surface area contributed by atoms with Crippen LogP contribution in [0.4, 0.5) is 0 Å². The summed E-state index contributed by atoms with van der Waals surface area (Å²) in [5.41, 5.74) is 1.53. The van der Waals surface area contributed by atoms with Crippen LogP contribution in [0, 0.1) is 12.8 Å². The van der Waals surface area contributed by atoms with Gasteiger partial charge in [0.2, 0.25) is 5.91 Å². The number of benzene rings is 1. The van der Waals surface area contributed by atoms with Crippen molar-refractivity contribution >= 4 is 18.0 Å². The molecule has 0 aliphatic heterocycles. The van der Waals surface area contributed by atoms with Gasteiger partial charge in [-0.05, 0) is 68.7 Å². The third-order valence-electron chi connectivity index (χ3n) is 4.85. The molecule has 25 heavy (non-hydrogen) atoms. The van der Waals surface area contributed by atoms with Crippen LogP contribution in [0.1, 0.15) is 49.7 Å². The topological polar surface area (TPSA) is 75.6 Å². The number of carbonyl (C=O) groups excluding carboxylic acids is 2. The first-order valence-electron chi connectivity index (χ1n) is 9.00. The van der Waals surface area contributed by atoms with Gasteiger partial charge in [-0.2, -0.15) is 0 Å². The zero-order valence-electron chi connectivity index (χ0n) is 14.5. The van der Waals surface area contributed by atoms with E-state index in [0.717, 1.165) is 43.2 Å². The molecule has 2 fully saturated rings. The highest BCUT2D eigenvalue weighted by Crippen LogP contribution is 2.28. The highest BCUT2D eigenvalue weighted by Gasteiger charge is 2.32. The van der Waals surface area contributed by atoms with E-state index >= 15 is 0 Å². The van der Waals surface area contributed by atoms with E-state index in [0.29, 0.717) is 12.5 Å². The molecule has 5 nitrogen and oxygen atoms in total. The molecule has 1 aromatic rings. The van der Waals surface area contributed by atoms with Gasteiger partial charge in [0.25, 0.3) is 0 Å². The second-order valence-electron chi connectivity index (χ2n) is 7.08. The van der Waals surface area contributed by atoms with E-state index in [1.807, 2.05) is 13.0 Å². The number of hydrogen-bond acceptors (Lipinski definition) is 4. The Bertz CT molecular complexity index is 678. The maximum Gasteiger partial charge on any atom is 0.331 e. The summed E-state index contributed by atoms with van der Waals surface area (Å²) in [5.74, 6) is -0.153. The van der Waals surface area contributed by atoms with Gasteiger partial charge in [0.15, 0.2) is 0 Å². The minimum Gasteiger partial charge on any atom is -0.508 e. The van der Waals surface area contributed by atoms with E-state index in [2.05, 4.69) is 5.32 Å². The van der Waals surface area contributed by atoms with E-state index in [1.165, 1.54) is 6.08 Å². The van der Waals surface area contributed by atoms with Gasteiger partial charge in [-0.25, -0.2) is 4.79 Å². The van der Waals surface area contributed by atoms with E-state index in [1.54, 1.807) is 18.2 Å². The largest absolute Gasteiger partial charge is 0.508 e. The van der Waals surface area contributed by atoms with Crippen molar-refractivity contribution < 1.29 is 19.4 Å². The predicted octanol–water partition coefficient (Wildman–Crippen LogP) is 3.09. The molecule has 1 aromatic carbocycles. The van der Waals surface area contributed by atoms with Crippen LogP contribution in [0.15, 0.2) is 24.3 Å². The number of nitrogens with one attached hydrogen (secondary N) is 1. The van der Waals surface area contributed by atoms with Gasteiger partial charge in [0, 0.05) is 18.0 Å². The highest BCUT2D eigenvalue weighted by molar-refractivity contribution is 5.87. The summed E-state index contributed by atoms with van der Waals surface area (Å²) in [6.45, 7) is 1.82. The standard InChI is InChI=1S/C20H25NO4/c1-13-5-6-14(11-18(13)22)7-10-19(23)25-17-4-2-3-15(12-17)20(24)21-16-8-9-16/h5-7,10-11,15-17,22H,2-4,8-9,12H2,1H3,(H,21,24)/b10-7+. The number of esters is 1. The zero-order chi connectivity index (χ0) is 17.8. The maximum absolute atomic E-state index is 12.2. The molecule has 2 atom stereocenters. The molecule has 2 unspecified atom stereocenters. The lowest BCUT2D eigenvalue weighted by Gasteiger charge is -2.27. The van der Waals surface area contributed by atoms with Crippen molar-refractivity contribution in [2.24, 2.45) is 5.92 Å². The molecule has 0 saturated heterocycles. The minimum absolute atomic E-state index is 0.0508. The van der Waals surface area contributed by atoms with E-state index in [-0.39, 0.29) is 23.7 Å². The summed E-state index contributed by atoms with van der Waals surface area (Å²) < 4.78 is 5.50. The normalized spacial score (nSPS) is 23.4. The fourth-order valence-electron chi connectivity index (χ4n) is 3.13. The van der Waals surface area contributed by atoms with Crippen LogP contribution in [0.25, 0.3) is 6.08 Å². The van der Waals surface area contributed by atoms with Crippen LogP contribution in [-0.2, 0) is 14.3 Å². The summed E-state index contributed by atoms with van der Waals surface area (Å²) in [6, 6.07) is 5.60. The van der Waals surface area contributed by atoms with E-state index < -0.39 is 5.97 Å². The fourth-order valence-corrected chi connectivity index (χ4v) is 3.13. The lowest BCUT2D eigenvalue weighted by molar-refractivity contribution is -0.147. The number of hydrogen-bond donors (Lipinski definition) is 2. The highest BCUT2D eigenvalue weighted by atomic mass is 16.5. The molecular formula is C20H25NO4. The van der Waals surface area contributed by atoms with Crippen LogP contribution in [0.2, 0.25) is 0 Å². The fraction of sp³-hybridized carbons (Fsp3) is 0.500. The molecule has 3 rings (SSSR count). The molecule has 0 aromatic heterocycles. The average Bonchev–Trinajstić information content (AvgIpc) is 3.40. The van der Waals surface area contributed by atoms with E-state index in [4.69, 9.17) is 4.74 Å². The molecule has 0 radical (unpaired) electrons. The lowest BCUT2D eigenvalue weighted by Crippen LogP contribution is -2.37. The molecule has 2 aliphatic rings. The molecule has 0 spiro atoms. The minimum atomic E-state index is -0.409. The number of phenols is 1. The molecule has 0 heterocycles. The summed E-state index contributed by atoms with van der Waals surface area (Å²) in [5, 5.41) is 12.7. The second-order valence-corrected chi connectivity index (χ2v) is 7.08. The molecule has 134 valence electrons. The van der Waals surface area contributed by atoms with Crippen LogP contribution >= 0.6 is 0 Å². The summed E-state index contributed by atoms with van der Waals surface area (Å²) >= 11 is 0. The number of carbonyl (C=O) groups is 2. The molecule has 0 bridgehead atoms. The first-order valence-corrected chi connectivity index (χ1v) is 9.00. The molecular weight excluding hydrogens is 318 g/mol. The lowest BCUT2D eigenvalue weighted by atomic mass is 9.86. The van der Waals surface area contributed by atoms with Gasteiger partial charge in [-0.15, -0.1) is 0 Å². The third-order valence-corrected chi connectivity index (χ3v) is 4.85. The molecule has 2 N–H and O–H groups in total.